The van der Waals surface area contributed by atoms with Crippen LogP contribution in [0.2, 0.25) is 0 Å². The van der Waals surface area contributed by atoms with E-state index in [0.29, 0.717) is 23.8 Å². The molecule has 2 rings (SSSR count). The van der Waals surface area contributed by atoms with Crippen LogP contribution in [0.1, 0.15) is 41.6 Å². The normalized spacial score (nSPS) is 17.4. The number of rotatable bonds is 8. The number of hydrogen-bond acceptors (Lipinski definition) is 4. The third kappa shape index (κ3) is 5.72. The average Bonchev–Trinajstić information content (AvgIpc) is 3.03. The Balaban J connectivity index is 1.67. The lowest BCUT2D eigenvalue weighted by molar-refractivity contribution is 0.0999. The summed E-state index contributed by atoms with van der Waals surface area (Å²) >= 11 is 0. The first-order valence-corrected chi connectivity index (χ1v) is 8.81. The van der Waals surface area contributed by atoms with Crippen molar-refractivity contribution < 1.29 is 14.7 Å². The van der Waals surface area contributed by atoms with Gasteiger partial charge in [0, 0.05) is 23.8 Å². The highest BCUT2D eigenvalue weighted by atomic mass is 16.3. The Morgan fingerprint density at radius 1 is 1.36 bits per heavy atom. The Hall–Kier alpha value is -2.12. The van der Waals surface area contributed by atoms with Crippen molar-refractivity contribution in [1.82, 2.24) is 10.2 Å². The van der Waals surface area contributed by atoms with Gasteiger partial charge in [0.05, 0.1) is 6.61 Å². The van der Waals surface area contributed by atoms with E-state index in [2.05, 4.69) is 15.5 Å². The van der Waals surface area contributed by atoms with Crippen molar-refractivity contribution in [3.63, 3.8) is 0 Å². The monoisotopic (exact) mass is 348 g/mol. The lowest BCUT2D eigenvalue weighted by Crippen LogP contribution is -2.34. The van der Waals surface area contributed by atoms with E-state index in [-0.39, 0.29) is 12.6 Å². The molecule has 0 bridgehead atoms. The summed E-state index contributed by atoms with van der Waals surface area (Å²) in [5.41, 5.74) is 7.04. The fourth-order valence-corrected chi connectivity index (χ4v) is 3.18. The van der Waals surface area contributed by atoms with Crippen molar-refractivity contribution >= 4 is 17.6 Å². The van der Waals surface area contributed by atoms with Crippen molar-refractivity contribution in [2.75, 3.05) is 31.6 Å². The molecule has 3 amide bonds. The molecule has 1 atom stereocenters. The number of primary amides is 1. The predicted molar refractivity (Wildman–Crippen MR) is 97.6 cm³/mol. The molecule has 138 valence electrons. The lowest BCUT2D eigenvalue weighted by Gasteiger charge is -2.22. The Kier molecular flexibility index (Phi) is 7.21. The summed E-state index contributed by atoms with van der Waals surface area (Å²) < 4.78 is 0. The number of aryl methyl sites for hydroxylation is 1. The topological polar surface area (TPSA) is 108 Å². The van der Waals surface area contributed by atoms with Crippen molar-refractivity contribution in [2.45, 2.75) is 38.6 Å². The van der Waals surface area contributed by atoms with Crippen LogP contribution in [0.5, 0.6) is 0 Å². The molecule has 1 saturated heterocycles. The number of amides is 3. The van der Waals surface area contributed by atoms with Crippen LogP contribution >= 0.6 is 0 Å². The first kappa shape index (κ1) is 19.2. The summed E-state index contributed by atoms with van der Waals surface area (Å²) in [6, 6.07) is 5.08. The van der Waals surface area contributed by atoms with Gasteiger partial charge in [-0.05, 0) is 63.4 Å². The molecule has 1 fully saturated rings. The summed E-state index contributed by atoms with van der Waals surface area (Å²) in [6.45, 7) is 4.61. The van der Waals surface area contributed by atoms with Crippen molar-refractivity contribution in [2.24, 2.45) is 5.73 Å². The molecule has 0 spiro atoms. The van der Waals surface area contributed by atoms with E-state index in [1.807, 2.05) is 0 Å². The molecule has 1 aromatic carbocycles. The van der Waals surface area contributed by atoms with Crippen LogP contribution < -0.4 is 16.4 Å². The van der Waals surface area contributed by atoms with Gasteiger partial charge in [0.25, 0.3) is 0 Å². The van der Waals surface area contributed by atoms with Crippen molar-refractivity contribution in [1.29, 1.82) is 0 Å². The highest BCUT2D eigenvalue weighted by Crippen LogP contribution is 2.17. The number of aliphatic hydroxyl groups is 1. The lowest BCUT2D eigenvalue weighted by atomic mass is 10.1. The smallest absolute Gasteiger partial charge is 0.319 e. The van der Waals surface area contributed by atoms with Crippen molar-refractivity contribution in [3.05, 3.63) is 29.3 Å². The first-order chi connectivity index (χ1) is 12.0. The van der Waals surface area contributed by atoms with Crippen LogP contribution in [-0.2, 0) is 0 Å². The number of hydrogen-bond donors (Lipinski definition) is 4. The second-order valence-corrected chi connectivity index (χ2v) is 6.50. The van der Waals surface area contributed by atoms with Gasteiger partial charge in [-0.25, -0.2) is 4.79 Å². The fraction of sp³-hybridized carbons (Fsp3) is 0.556. The number of carbonyl (C=O) groups excluding carboxylic acids is 2. The molecule has 1 aliphatic heterocycles. The van der Waals surface area contributed by atoms with Gasteiger partial charge in [-0.15, -0.1) is 0 Å². The third-order valence-corrected chi connectivity index (χ3v) is 4.63. The summed E-state index contributed by atoms with van der Waals surface area (Å²) in [4.78, 5) is 25.6. The second-order valence-electron chi connectivity index (χ2n) is 6.50. The van der Waals surface area contributed by atoms with Crippen LogP contribution in [0.3, 0.4) is 0 Å². The molecule has 1 heterocycles. The Morgan fingerprint density at radius 3 is 2.88 bits per heavy atom. The average molecular weight is 348 g/mol. The van der Waals surface area contributed by atoms with Crippen LogP contribution in [0.25, 0.3) is 0 Å². The van der Waals surface area contributed by atoms with Crippen molar-refractivity contribution in [3.8, 4) is 0 Å². The summed E-state index contributed by atoms with van der Waals surface area (Å²) in [6.07, 6.45) is 4.08. The zero-order valence-electron chi connectivity index (χ0n) is 14.8. The molecule has 7 heteroatoms. The zero-order valence-corrected chi connectivity index (χ0v) is 14.8. The van der Waals surface area contributed by atoms with E-state index in [4.69, 9.17) is 5.73 Å². The van der Waals surface area contributed by atoms with Gasteiger partial charge < -0.3 is 21.5 Å². The number of aliphatic hydroxyl groups excluding tert-OH is 1. The number of likely N-dealkylation sites (tertiary alicyclic amines) is 1. The Bertz CT molecular complexity index is 606. The van der Waals surface area contributed by atoms with E-state index in [9.17, 15) is 14.7 Å². The molecule has 0 aliphatic carbocycles. The number of urea groups is 1. The molecule has 1 unspecified atom stereocenters. The van der Waals surface area contributed by atoms with E-state index in [1.165, 1.54) is 0 Å². The number of carbonyl (C=O) groups is 2. The number of unbranched alkanes of at least 4 members (excludes halogenated alkanes) is 1. The number of nitrogens with two attached hydrogens (primary N) is 1. The largest absolute Gasteiger partial charge is 0.395 e. The van der Waals surface area contributed by atoms with Gasteiger partial charge in [-0.1, -0.05) is 6.07 Å². The summed E-state index contributed by atoms with van der Waals surface area (Å²) in [7, 11) is 0. The molecule has 5 N–H and O–H groups in total. The zero-order chi connectivity index (χ0) is 18.2. The predicted octanol–water partition coefficient (Wildman–Crippen LogP) is 1.45. The third-order valence-electron chi connectivity index (χ3n) is 4.63. The van der Waals surface area contributed by atoms with Crippen LogP contribution in [0, 0.1) is 6.92 Å². The summed E-state index contributed by atoms with van der Waals surface area (Å²) in [5, 5.41) is 14.8. The van der Waals surface area contributed by atoms with Gasteiger partial charge in [0.15, 0.2) is 0 Å². The molecular weight excluding hydrogens is 320 g/mol. The van der Waals surface area contributed by atoms with Crippen LogP contribution in [0.4, 0.5) is 10.5 Å². The number of nitrogens with zero attached hydrogens (tertiary/aromatic N) is 1. The molecule has 25 heavy (non-hydrogen) atoms. The maximum Gasteiger partial charge on any atom is 0.319 e. The number of nitrogens with one attached hydrogen (secondary N) is 2. The molecule has 1 aliphatic rings. The standard InChI is InChI=1S/C18H28N4O3/c1-13-6-7-14(11-16(13)17(19)24)21-18(25)20-8-2-3-9-22-10-4-5-15(22)12-23/h6-7,11,15,23H,2-5,8-10,12H2,1H3,(H2,19,24)(H2,20,21,25). The molecule has 0 radical (unpaired) electrons. The van der Waals surface area contributed by atoms with Gasteiger partial charge in [-0.3, -0.25) is 9.69 Å². The molecule has 7 nitrogen and oxygen atoms in total. The summed E-state index contributed by atoms with van der Waals surface area (Å²) in [5.74, 6) is -0.510. The highest BCUT2D eigenvalue weighted by molar-refractivity contribution is 5.97. The first-order valence-electron chi connectivity index (χ1n) is 8.81. The van der Waals surface area contributed by atoms with Gasteiger partial charge in [0.2, 0.25) is 5.91 Å². The molecular formula is C18H28N4O3. The van der Waals surface area contributed by atoms with Gasteiger partial charge >= 0.3 is 6.03 Å². The van der Waals surface area contributed by atoms with Gasteiger partial charge in [-0.2, -0.15) is 0 Å². The van der Waals surface area contributed by atoms with Crippen LogP contribution in [-0.4, -0.2) is 54.2 Å². The highest BCUT2D eigenvalue weighted by Gasteiger charge is 2.22. The molecule has 0 saturated carbocycles. The van der Waals surface area contributed by atoms with E-state index in [0.717, 1.165) is 44.3 Å². The number of anilines is 1. The minimum atomic E-state index is -0.510. The minimum absolute atomic E-state index is 0.227. The minimum Gasteiger partial charge on any atom is -0.395 e. The van der Waals surface area contributed by atoms with Crippen LogP contribution in [0.15, 0.2) is 18.2 Å². The molecule has 1 aromatic rings. The molecule has 0 aromatic heterocycles. The van der Waals surface area contributed by atoms with E-state index in [1.54, 1.807) is 25.1 Å². The Labute approximate surface area is 148 Å². The quantitative estimate of drug-likeness (QED) is 0.533. The number of benzene rings is 1. The van der Waals surface area contributed by atoms with E-state index < -0.39 is 5.91 Å². The maximum absolute atomic E-state index is 11.9. The Morgan fingerprint density at radius 2 is 2.16 bits per heavy atom. The fourth-order valence-electron chi connectivity index (χ4n) is 3.18. The van der Waals surface area contributed by atoms with Gasteiger partial charge in [0.1, 0.15) is 0 Å². The SMILES string of the molecule is Cc1ccc(NC(=O)NCCCCN2CCCC2CO)cc1C(N)=O. The maximum atomic E-state index is 11.9. The van der Waals surface area contributed by atoms with E-state index >= 15 is 0 Å². The second kappa shape index (κ2) is 9.39.